The van der Waals surface area contributed by atoms with E-state index in [0.29, 0.717) is 40.0 Å². The number of carbonyl (C=O) groups excluding carboxylic acids is 1. The summed E-state index contributed by atoms with van der Waals surface area (Å²) in [6.45, 7) is 3.97. The third-order valence-electron chi connectivity index (χ3n) is 4.35. The van der Waals surface area contributed by atoms with Gasteiger partial charge in [-0.1, -0.05) is 6.92 Å². The Hall–Kier alpha value is -3.03. The molecule has 2 rings (SSSR count). The van der Waals surface area contributed by atoms with Gasteiger partial charge in [-0.25, -0.2) is 9.97 Å². The number of carbonyl (C=O) groups is 1. The first-order valence-corrected chi connectivity index (χ1v) is 9.01. The van der Waals surface area contributed by atoms with E-state index in [2.05, 4.69) is 15.3 Å². The van der Waals surface area contributed by atoms with Crippen LogP contribution in [-0.2, 0) is 0 Å². The highest BCUT2D eigenvalue weighted by molar-refractivity contribution is 5.99. The summed E-state index contributed by atoms with van der Waals surface area (Å²) in [5.41, 5.74) is 1.10. The average molecular weight is 388 g/mol. The van der Waals surface area contributed by atoms with Gasteiger partial charge in [-0.2, -0.15) is 0 Å². The largest absolute Gasteiger partial charge is 0.493 e. The number of benzene rings is 1. The quantitative estimate of drug-likeness (QED) is 0.744. The Morgan fingerprint density at radius 1 is 1.14 bits per heavy atom. The number of anilines is 1. The zero-order valence-electron chi connectivity index (χ0n) is 17.5. The monoisotopic (exact) mass is 388 g/mol. The second-order valence-electron chi connectivity index (χ2n) is 6.52. The molecule has 1 heterocycles. The summed E-state index contributed by atoms with van der Waals surface area (Å²) >= 11 is 0. The van der Waals surface area contributed by atoms with Crippen molar-refractivity contribution in [3.63, 3.8) is 0 Å². The maximum absolute atomic E-state index is 12.6. The van der Waals surface area contributed by atoms with Gasteiger partial charge in [0.25, 0.3) is 5.91 Å². The van der Waals surface area contributed by atoms with Gasteiger partial charge in [0.05, 0.1) is 21.3 Å². The minimum Gasteiger partial charge on any atom is -0.493 e. The summed E-state index contributed by atoms with van der Waals surface area (Å²) in [5.74, 6) is 2.28. The Morgan fingerprint density at radius 2 is 1.75 bits per heavy atom. The smallest absolute Gasteiger partial charge is 0.256 e. The molecular formula is C20H28N4O4. The minimum atomic E-state index is -0.200. The molecule has 0 bridgehead atoms. The molecule has 0 aliphatic heterocycles. The van der Waals surface area contributed by atoms with E-state index in [9.17, 15) is 4.79 Å². The molecule has 2 aromatic rings. The van der Waals surface area contributed by atoms with Crippen molar-refractivity contribution in [3.8, 4) is 28.6 Å². The lowest BCUT2D eigenvalue weighted by atomic mass is 10.1. The Bertz CT molecular complexity index is 814. The number of amides is 1. The number of nitrogens with one attached hydrogen (secondary N) is 1. The lowest BCUT2D eigenvalue weighted by Gasteiger charge is -2.19. The molecule has 0 saturated heterocycles. The highest BCUT2D eigenvalue weighted by Crippen LogP contribution is 2.40. The predicted octanol–water partition coefficient (Wildman–Crippen LogP) is 2.76. The van der Waals surface area contributed by atoms with Crippen LogP contribution in [0, 0.1) is 0 Å². The molecule has 28 heavy (non-hydrogen) atoms. The van der Waals surface area contributed by atoms with Crippen LogP contribution in [0.1, 0.15) is 30.6 Å². The molecule has 0 spiro atoms. The zero-order valence-corrected chi connectivity index (χ0v) is 17.5. The first kappa shape index (κ1) is 21.3. The van der Waals surface area contributed by atoms with Crippen LogP contribution in [0.4, 0.5) is 5.82 Å². The molecule has 0 aliphatic carbocycles. The van der Waals surface area contributed by atoms with E-state index >= 15 is 0 Å². The Balaban J connectivity index is 2.53. The van der Waals surface area contributed by atoms with Gasteiger partial charge >= 0.3 is 0 Å². The van der Waals surface area contributed by atoms with Crippen LogP contribution in [0.3, 0.4) is 0 Å². The second kappa shape index (κ2) is 9.25. The maximum atomic E-state index is 12.6. The van der Waals surface area contributed by atoms with Gasteiger partial charge in [-0.3, -0.25) is 4.79 Å². The standard InChI is InChI=1S/C20H28N4O4/c1-8-12(2)22-20(25)14-11-21-18(23-19(14)24(3)4)13-9-15(26-5)17(28-7)16(10-13)27-6/h9-12H,8H2,1-7H3,(H,22,25). The average Bonchev–Trinajstić information content (AvgIpc) is 2.71. The van der Waals surface area contributed by atoms with Crippen LogP contribution in [-0.4, -0.2) is 57.3 Å². The van der Waals surface area contributed by atoms with Gasteiger partial charge in [0.2, 0.25) is 5.75 Å². The summed E-state index contributed by atoms with van der Waals surface area (Å²) in [4.78, 5) is 23.4. The topological polar surface area (TPSA) is 85.8 Å². The number of nitrogens with zero attached hydrogens (tertiary/aromatic N) is 3. The number of rotatable bonds is 8. The fourth-order valence-corrected chi connectivity index (χ4v) is 2.63. The molecule has 8 heteroatoms. The van der Waals surface area contributed by atoms with Crippen molar-refractivity contribution < 1.29 is 19.0 Å². The summed E-state index contributed by atoms with van der Waals surface area (Å²) in [7, 11) is 8.32. The summed E-state index contributed by atoms with van der Waals surface area (Å²) in [6.07, 6.45) is 2.38. The molecule has 0 saturated carbocycles. The van der Waals surface area contributed by atoms with E-state index in [1.807, 2.05) is 27.9 Å². The van der Waals surface area contributed by atoms with Crippen molar-refractivity contribution >= 4 is 11.7 Å². The summed E-state index contributed by atoms with van der Waals surface area (Å²) < 4.78 is 16.2. The van der Waals surface area contributed by atoms with Gasteiger partial charge < -0.3 is 24.4 Å². The molecule has 1 aromatic heterocycles. The minimum absolute atomic E-state index is 0.0669. The number of ether oxygens (including phenoxy) is 3. The summed E-state index contributed by atoms with van der Waals surface area (Å²) in [5, 5.41) is 2.95. The van der Waals surface area contributed by atoms with E-state index in [-0.39, 0.29) is 11.9 Å². The molecule has 0 aliphatic rings. The lowest BCUT2D eigenvalue weighted by Crippen LogP contribution is -2.33. The fourth-order valence-electron chi connectivity index (χ4n) is 2.63. The molecule has 1 N–H and O–H groups in total. The Kier molecular flexibility index (Phi) is 7.03. The molecule has 152 valence electrons. The van der Waals surface area contributed by atoms with Gasteiger partial charge in [0.15, 0.2) is 17.3 Å². The first-order valence-electron chi connectivity index (χ1n) is 9.01. The van der Waals surface area contributed by atoms with E-state index in [4.69, 9.17) is 14.2 Å². The van der Waals surface area contributed by atoms with E-state index < -0.39 is 0 Å². The first-order chi connectivity index (χ1) is 13.4. The molecule has 1 atom stereocenters. The summed E-state index contributed by atoms with van der Waals surface area (Å²) in [6, 6.07) is 3.61. The van der Waals surface area contributed by atoms with E-state index in [0.717, 1.165) is 6.42 Å². The van der Waals surface area contributed by atoms with Crippen molar-refractivity contribution in [2.24, 2.45) is 0 Å². The highest BCUT2D eigenvalue weighted by Gasteiger charge is 2.20. The Labute approximate surface area is 165 Å². The third-order valence-corrected chi connectivity index (χ3v) is 4.35. The second-order valence-corrected chi connectivity index (χ2v) is 6.52. The maximum Gasteiger partial charge on any atom is 0.256 e. The Morgan fingerprint density at radius 3 is 2.21 bits per heavy atom. The predicted molar refractivity (Wildman–Crippen MR) is 109 cm³/mol. The van der Waals surface area contributed by atoms with Crippen LogP contribution in [0.2, 0.25) is 0 Å². The van der Waals surface area contributed by atoms with Crippen molar-refractivity contribution in [2.75, 3.05) is 40.3 Å². The van der Waals surface area contributed by atoms with Crippen molar-refractivity contribution in [2.45, 2.75) is 26.3 Å². The van der Waals surface area contributed by atoms with Crippen LogP contribution in [0.5, 0.6) is 17.2 Å². The van der Waals surface area contributed by atoms with Crippen molar-refractivity contribution in [3.05, 3.63) is 23.9 Å². The van der Waals surface area contributed by atoms with Crippen LogP contribution < -0.4 is 24.4 Å². The SMILES string of the molecule is CCC(C)NC(=O)c1cnc(-c2cc(OC)c(OC)c(OC)c2)nc1N(C)C. The van der Waals surface area contributed by atoms with Crippen LogP contribution >= 0.6 is 0 Å². The van der Waals surface area contributed by atoms with Crippen molar-refractivity contribution in [1.29, 1.82) is 0 Å². The molecule has 0 radical (unpaired) electrons. The number of aromatic nitrogens is 2. The fraction of sp³-hybridized carbons (Fsp3) is 0.450. The zero-order chi connectivity index (χ0) is 20.8. The van der Waals surface area contributed by atoms with Gasteiger partial charge in [0.1, 0.15) is 11.4 Å². The molecule has 1 amide bonds. The van der Waals surface area contributed by atoms with Crippen LogP contribution in [0.25, 0.3) is 11.4 Å². The normalized spacial score (nSPS) is 11.5. The number of hydrogen-bond donors (Lipinski definition) is 1. The van der Waals surface area contributed by atoms with Crippen LogP contribution in [0.15, 0.2) is 18.3 Å². The van der Waals surface area contributed by atoms with Gasteiger partial charge in [0, 0.05) is 31.9 Å². The molecule has 1 aromatic carbocycles. The molecule has 8 nitrogen and oxygen atoms in total. The third kappa shape index (κ3) is 4.44. The number of methoxy groups -OCH3 is 3. The van der Waals surface area contributed by atoms with Gasteiger partial charge in [-0.15, -0.1) is 0 Å². The van der Waals surface area contributed by atoms with Gasteiger partial charge in [-0.05, 0) is 25.5 Å². The highest BCUT2D eigenvalue weighted by atomic mass is 16.5. The van der Waals surface area contributed by atoms with E-state index in [1.165, 1.54) is 0 Å². The molecular weight excluding hydrogens is 360 g/mol. The number of hydrogen-bond acceptors (Lipinski definition) is 7. The molecule has 1 unspecified atom stereocenters. The molecule has 0 fully saturated rings. The van der Waals surface area contributed by atoms with E-state index in [1.54, 1.807) is 44.6 Å². The van der Waals surface area contributed by atoms with Crippen molar-refractivity contribution in [1.82, 2.24) is 15.3 Å². The lowest BCUT2D eigenvalue weighted by molar-refractivity contribution is 0.0939.